The summed E-state index contributed by atoms with van der Waals surface area (Å²) in [6.07, 6.45) is 3.11. The zero-order chi connectivity index (χ0) is 4.12. The van der Waals surface area contributed by atoms with Gasteiger partial charge in [0.2, 0.25) is 0 Å². The first-order valence-corrected chi connectivity index (χ1v) is 1.48. The molecule has 32 valence electrons. The van der Waals surface area contributed by atoms with Crippen molar-refractivity contribution in [1.82, 2.24) is 0 Å². The predicted octanol–water partition coefficient (Wildman–Crippen LogP) is -1.23. The standard InChI is InChI=1S/C3H8N2.K.H/c4-2-1-3-5;;/h1-2H,3-5H2;;. The van der Waals surface area contributed by atoms with Crippen molar-refractivity contribution < 1.29 is 0 Å². The Labute approximate surface area is 80.4 Å². The van der Waals surface area contributed by atoms with Crippen LogP contribution < -0.4 is 11.5 Å². The van der Waals surface area contributed by atoms with E-state index in [1.165, 1.54) is 6.20 Å². The maximum atomic E-state index is 4.97. The van der Waals surface area contributed by atoms with E-state index in [1.54, 1.807) is 6.08 Å². The molecule has 0 rings (SSSR count). The monoisotopic (exact) mass is 112 g/mol. The van der Waals surface area contributed by atoms with Gasteiger partial charge in [-0.15, -0.1) is 0 Å². The summed E-state index contributed by atoms with van der Waals surface area (Å²) in [7, 11) is 0. The molecular weight excluding hydrogens is 103 g/mol. The summed E-state index contributed by atoms with van der Waals surface area (Å²) >= 11 is 0. The van der Waals surface area contributed by atoms with Gasteiger partial charge in [-0.3, -0.25) is 0 Å². The molecule has 0 saturated carbocycles. The Kier molecular flexibility index (Phi) is 16.1. The minimum atomic E-state index is 0. The Bertz CT molecular complexity index is 35.8. The van der Waals surface area contributed by atoms with Gasteiger partial charge in [0.15, 0.2) is 0 Å². The van der Waals surface area contributed by atoms with Crippen molar-refractivity contribution in [2.75, 3.05) is 6.54 Å². The average molecular weight is 112 g/mol. The Balaban J connectivity index is 0. The summed E-state index contributed by atoms with van der Waals surface area (Å²) in [5.41, 5.74) is 9.85. The Morgan fingerprint density at radius 2 is 2.00 bits per heavy atom. The third-order valence-corrected chi connectivity index (χ3v) is 0.272. The van der Waals surface area contributed by atoms with Crippen molar-refractivity contribution in [3.63, 3.8) is 0 Å². The molecule has 0 atom stereocenters. The molecule has 0 aromatic heterocycles. The van der Waals surface area contributed by atoms with Crippen LogP contribution in [0.25, 0.3) is 0 Å². The zero-order valence-corrected chi connectivity index (χ0v) is 3.02. The molecule has 0 spiro atoms. The quantitative estimate of drug-likeness (QED) is 0.417. The molecule has 2 nitrogen and oxygen atoms in total. The van der Waals surface area contributed by atoms with E-state index in [9.17, 15) is 0 Å². The van der Waals surface area contributed by atoms with Gasteiger partial charge in [0.1, 0.15) is 0 Å². The normalized spacial score (nSPS) is 8.17. The fourth-order valence-electron chi connectivity index (χ4n) is 0.0786. The van der Waals surface area contributed by atoms with Gasteiger partial charge in [0.25, 0.3) is 0 Å². The van der Waals surface area contributed by atoms with E-state index in [-0.39, 0.29) is 51.4 Å². The van der Waals surface area contributed by atoms with E-state index in [0.717, 1.165) is 0 Å². The van der Waals surface area contributed by atoms with Crippen LogP contribution in [0.3, 0.4) is 0 Å². The van der Waals surface area contributed by atoms with Gasteiger partial charge >= 0.3 is 51.4 Å². The SMILES string of the molecule is NC=CCN.[KH]. The predicted molar refractivity (Wildman–Crippen MR) is 29.5 cm³/mol. The van der Waals surface area contributed by atoms with E-state index < -0.39 is 0 Å². The molecule has 0 bridgehead atoms. The molecule has 0 heterocycles. The zero-order valence-electron chi connectivity index (χ0n) is 3.02. The average Bonchev–Trinajstić information content (AvgIpc) is 1.41. The van der Waals surface area contributed by atoms with Crippen LogP contribution in [0, 0.1) is 0 Å². The summed E-state index contributed by atoms with van der Waals surface area (Å²) in [6, 6.07) is 0. The summed E-state index contributed by atoms with van der Waals surface area (Å²) in [5, 5.41) is 0. The molecule has 0 amide bonds. The van der Waals surface area contributed by atoms with E-state index in [0.29, 0.717) is 6.54 Å². The van der Waals surface area contributed by atoms with Crippen LogP contribution in [0.15, 0.2) is 12.3 Å². The molecule has 3 heteroatoms. The molecule has 0 aromatic carbocycles. The number of nitrogens with two attached hydrogens (primary N) is 2. The van der Waals surface area contributed by atoms with Crippen LogP contribution in [-0.2, 0) is 0 Å². The van der Waals surface area contributed by atoms with Gasteiger partial charge in [-0.2, -0.15) is 0 Å². The van der Waals surface area contributed by atoms with Crippen LogP contribution >= 0.6 is 0 Å². The van der Waals surface area contributed by atoms with Crippen LogP contribution in [0.2, 0.25) is 0 Å². The first-order chi connectivity index (χ1) is 2.41. The maximum absolute atomic E-state index is 4.97. The molecule has 0 aliphatic carbocycles. The Morgan fingerprint density at radius 1 is 1.50 bits per heavy atom. The van der Waals surface area contributed by atoms with Gasteiger partial charge in [-0.05, 0) is 6.20 Å². The molecule has 0 saturated heterocycles. The molecule has 6 heavy (non-hydrogen) atoms. The Hall–Kier alpha value is 1.14. The molecular formula is C3H9KN2. The third-order valence-electron chi connectivity index (χ3n) is 0.272. The van der Waals surface area contributed by atoms with E-state index in [4.69, 9.17) is 11.5 Å². The second-order valence-electron chi connectivity index (χ2n) is 0.664. The minimum absolute atomic E-state index is 0. The van der Waals surface area contributed by atoms with Crippen molar-refractivity contribution in [3.8, 4) is 0 Å². The van der Waals surface area contributed by atoms with E-state index in [2.05, 4.69) is 0 Å². The van der Waals surface area contributed by atoms with Crippen LogP contribution in [0.4, 0.5) is 0 Å². The fraction of sp³-hybridized carbons (Fsp3) is 0.333. The number of hydrogen-bond donors (Lipinski definition) is 2. The van der Waals surface area contributed by atoms with Crippen molar-refractivity contribution in [1.29, 1.82) is 0 Å². The van der Waals surface area contributed by atoms with Crippen LogP contribution in [-0.4, -0.2) is 57.9 Å². The van der Waals surface area contributed by atoms with Crippen molar-refractivity contribution in [2.45, 2.75) is 0 Å². The van der Waals surface area contributed by atoms with Crippen molar-refractivity contribution >= 4 is 51.4 Å². The third kappa shape index (κ3) is 8.93. The summed E-state index contributed by atoms with van der Waals surface area (Å²) in [4.78, 5) is 0. The van der Waals surface area contributed by atoms with Crippen LogP contribution in [0.5, 0.6) is 0 Å². The first-order valence-electron chi connectivity index (χ1n) is 1.48. The molecule has 0 aliphatic rings. The molecule has 4 N–H and O–H groups in total. The topological polar surface area (TPSA) is 52.0 Å². The summed E-state index contributed by atoms with van der Waals surface area (Å²) < 4.78 is 0. The van der Waals surface area contributed by atoms with Gasteiger partial charge in [-0.25, -0.2) is 0 Å². The van der Waals surface area contributed by atoms with Crippen molar-refractivity contribution in [3.05, 3.63) is 12.3 Å². The van der Waals surface area contributed by atoms with Gasteiger partial charge in [0.05, 0.1) is 0 Å². The van der Waals surface area contributed by atoms with Gasteiger partial charge < -0.3 is 11.5 Å². The first kappa shape index (κ1) is 10.2. The fourth-order valence-corrected chi connectivity index (χ4v) is 0.0786. The Morgan fingerprint density at radius 3 is 2.00 bits per heavy atom. The second-order valence-corrected chi connectivity index (χ2v) is 0.664. The molecule has 0 unspecified atom stereocenters. The second kappa shape index (κ2) is 9.46. The summed E-state index contributed by atoms with van der Waals surface area (Å²) in [6.45, 7) is 0.538. The van der Waals surface area contributed by atoms with Crippen molar-refractivity contribution in [2.24, 2.45) is 11.5 Å². The van der Waals surface area contributed by atoms with Gasteiger partial charge in [-0.1, -0.05) is 6.08 Å². The molecule has 0 aromatic rings. The van der Waals surface area contributed by atoms with E-state index >= 15 is 0 Å². The number of hydrogen-bond acceptors (Lipinski definition) is 2. The molecule has 0 aliphatic heterocycles. The molecule has 0 fully saturated rings. The summed E-state index contributed by atoms with van der Waals surface area (Å²) in [5.74, 6) is 0. The molecule has 0 radical (unpaired) electrons. The van der Waals surface area contributed by atoms with E-state index in [1.807, 2.05) is 0 Å². The van der Waals surface area contributed by atoms with Gasteiger partial charge in [0, 0.05) is 6.54 Å². The number of rotatable bonds is 1. The van der Waals surface area contributed by atoms with Crippen LogP contribution in [0.1, 0.15) is 0 Å².